The van der Waals surface area contributed by atoms with Gasteiger partial charge in [0.25, 0.3) is 0 Å². The molecule has 3 N–H and O–H groups in total. The maximum absolute atomic E-state index is 5.91. The van der Waals surface area contributed by atoms with Crippen LogP contribution in [0.25, 0.3) is 10.9 Å². The van der Waals surface area contributed by atoms with Crippen molar-refractivity contribution in [3.8, 4) is 0 Å². The standard InChI is InChI=1S/C13H16N4/c14-13(17-7-2-8-17)16-9-11-4-1-3-10-5-6-15-12(10)11/h1,3-6,15H,2,7-9H2,(H2,14,16). The zero-order chi connectivity index (χ0) is 11.7. The second kappa shape index (κ2) is 4.13. The third kappa shape index (κ3) is 1.86. The van der Waals surface area contributed by atoms with Crippen molar-refractivity contribution in [2.24, 2.45) is 10.7 Å². The van der Waals surface area contributed by atoms with Gasteiger partial charge in [-0.25, -0.2) is 4.99 Å². The second-order valence-corrected chi connectivity index (χ2v) is 4.37. The molecular formula is C13H16N4. The topological polar surface area (TPSA) is 57.4 Å². The van der Waals surface area contributed by atoms with Gasteiger partial charge in [-0.1, -0.05) is 18.2 Å². The number of rotatable bonds is 2. The number of para-hydroxylation sites is 1. The monoisotopic (exact) mass is 228 g/mol. The van der Waals surface area contributed by atoms with Crippen molar-refractivity contribution >= 4 is 16.9 Å². The van der Waals surface area contributed by atoms with E-state index in [1.54, 1.807) is 0 Å². The molecule has 3 rings (SSSR count). The molecule has 0 radical (unpaired) electrons. The Labute approximate surface area is 100 Å². The molecule has 2 aromatic rings. The Kier molecular flexibility index (Phi) is 2.48. The molecule has 88 valence electrons. The predicted octanol–water partition coefficient (Wildman–Crippen LogP) is 1.69. The Hall–Kier alpha value is -1.97. The third-order valence-corrected chi connectivity index (χ3v) is 3.27. The number of fused-ring (bicyclic) bond motifs is 1. The number of aromatic nitrogens is 1. The lowest BCUT2D eigenvalue weighted by Gasteiger charge is -2.31. The van der Waals surface area contributed by atoms with E-state index in [-0.39, 0.29) is 0 Å². The third-order valence-electron chi connectivity index (χ3n) is 3.27. The van der Waals surface area contributed by atoms with Crippen LogP contribution in [0.1, 0.15) is 12.0 Å². The molecule has 4 heteroatoms. The van der Waals surface area contributed by atoms with Crippen LogP contribution in [0.5, 0.6) is 0 Å². The predicted molar refractivity (Wildman–Crippen MR) is 69.8 cm³/mol. The smallest absolute Gasteiger partial charge is 0.191 e. The molecule has 2 heterocycles. The SMILES string of the molecule is NC(=NCc1cccc2cc[nH]c12)N1CCC1. The van der Waals surface area contributed by atoms with Crippen molar-refractivity contribution in [2.45, 2.75) is 13.0 Å². The summed E-state index contributed by atoms with van der Waals surface area (Å²) < 4.78 is 0. The second-order valence-electron chi connectivity index (χ2n) is 4.37. The number of nitrogens with zero attached hydrogens (tertiary/aromatic N) is 2. The van der Waals surface area contributed by atoms with Crippen molar-refractivity contribution in [3.05, 3.63) is 36.0 Å². The summed E-state index contributed by atoms with van der Waals surface area (Å²) in [6.07, 6.45) is 3.18. The van der Waals surface area contributed by atoms with Crippen LogP contribution in [0, 0.1) is 0 Å². The molecule has 0 spiro atoms. The quantitative estimate of drug-likeness (QED) is 0.607. The van der Waals surface area contributed by atoms with Gasteiger partial charge in [0, 0.05) is 19.3 Å². The van der Waals surface area contributed by atoms with E-state index in [1.165, 1.54) is 17.4 Å². The molecule has 1 aliphatic rings. The van der Waals surface area contributed by atoms with Crippen LogP contribution in [0.4, 0.5) is 0 Å². The first-order valence-electron chi connectivity index (χ1n) is 5.94. The van der Waals surface area contributed by atoms with Gasteiger partial charge in [0.2, 0.25) is 0 Å². The van der Waals surface area contributed by atoms with Gasteiger partial charge >= 0.3 is 0 Å². The largest absolute Gasteiger partial charge is 0.370 e. The number of benzene rings is 1. The highest BCUT2D eigenvalue weighted by molar-refractivity contribution is 5.83. The highest BCUT2D eigenvalue weighted by Gasteiger charge is 2.15. The minimum Gasteiger partial charge on any atom is -0.370 e. The Balaban J connectivity index is 1.82. The number of nitrogens with two attached hydrogens (primary N) is 1. The van der Waals surface area contributed by atoms with Gasteiger partial charge in [-0.05, 0) is 23.4 Å². The molecule has 1 aromatic carbocycles. The molecule has 1 saturated heterocycles. The number of hydrogen-bond acceptors (Lipinski definition) is 1. The maximum Gasteiger partial charge on any atom is 0.191 e. The molecule has 17 heavy (non-hydrogen) atoms. The fourth-order valence-electron chi connectivity index (χ4n) is 2.09. The summed E-state index contributed by atoms with van der Waals surface area (Å²) in [6.45, 7) is 2.73. The van der Waals surface area contributed by atoms with Crippen LogP contribution >= 0.6 is 0 Å². The first-order chi connectivity index (χ1) is 8.34. The molecule has 0 unspecified atom stereocenters. The van der Waals surface area contributed by atoms with Gasteiger partial charge < -0.3 is 15.6 Å². The van der Waals surface area contributed by atoms with Gasteiger partial charge in [0.1, 0.15) is 0 Å². The van der Waals surface area contributed by atoms with Crippen LogP contribution in [-0.4, -0.2) is 28.9 Å². The lowest BCUT2D eigenvalue weighted by Crippen LogP contribution is -2.46. The summed E-state index contributed by atoms with van der Waals surface area (Å²) >= 11 is 0. The van der Waals surface area contributed by atoms with Crippen molar-refractivity contribution in [1.29, 1.82) is 0 Å². The van der Waals surface area contributed by atoms with E-state index in [0.717, 1.165) is 18.6 Å². The van der Waals surface area contributed by atoms with Crippen LogP contribution in [0.2, 0.25) is 0 Å². The summed E-state index contributed by atoms with van der Waals surface area (Å²) in [5.41, 5.74) is 8.26. The van der Waals surface area contributed by atoms with Gasteiger partial charge in [-0.2, -0.15) is 0 Å². The zero-order valence-electron chi connectivity index (χ0n) is 9.69. The van der Waals surface area contributed by atoms with E-state index in [4.69, 9.17) is 5.73 Å². The molecule has 0 aliphatic carbocycles. The fraction of sp³-hybridized carbons (Fsp3) is 0.308. The van der Waals surface area contributed by atoms with Crippen LogP contribution in [0.3, 0.4) is 0 Å². The van der Waals surface area contributed by atoms with Crippen molar-refractivity contribution in [1.82, 2.24) is 9.88 Å². The summed E-state index contributed by atoms with van der Waals surface area (Å²) in [5, 5.41) is 1.22. The maximum atomic E-state index is 5.91. The number of nitrogens with one attached hydrogen (secondary N) is 1. The highest BCUT2D eigenvalue weighted by atomic mass is 15.3. The summed E-state index contributed by atoms with van der Waals surface area (Å²) in [4.78, 5) is 9.80. The van der Waals surface area contributed by atoms with Crippen molar-refractivity contribution < 1.29 is 0 Å². The van der Waals surface area contributed by atoms with E-state index >= 15 is 0 Å². The van der Waals surface area contributed by atoms with E-state index < -0.39 is 0 Å². The minimum absolute atomic E-state index is 0.639. The number of aliphatic imine (C=N–C) groups is 1. The molecular weight excluding hydrogens is 212 g/mol. The number of hydrogen-bond donors (Lipinski definition) is 2. The molecule has 1 aromatic heterocycles. The van der Waals surface area contributed by atoms with E-state index in [9.17, 15) is 0 Å². The fourth-order valence-corrected chi connectivity index (χ4v) is 2.09. The summed E-state index contributed by atoms with van der Waals surface area (Å²) in [6, 6.07) is 8.31. The first kappa shape index (κ1) is 10.2. The Bertz CT molecular complexity index is 551. The average Bonchev–Trinajstić information content (AvgIpc) is 2.72. The summed E-state index contributed by atoms with van der Waals surface area (Å²) in [7, 11) is 0. The molecule has 0 atom stereocenters. The Morgan fingerprint density at radius 1 is 1.35 bits per heavy atom. The van der Waals surface area contributed by atoms with Gasteiger partial charge in [-0.3, -0.25) is 0 Å². The minimum atomic E-state index is 0.639. The molecule has 4 nitrogen and oxygen atoms in total. The Morgan fingerprint density at radius 3 is 3.00 bits per heavy atom. The van der Waals surface area contributed by atoms with Gasteiger partial charge in [-0.15, -0.1) is 0 Å². The molecule has 1 aliphatic heterocycles. The number of likely N-dealkylation sites (tertiary alicyclic amines) is 1. The first-order valence-corrected chi connectivity index (χ1v) is 5.94. The van der Waals surface area contributed by atoms with Gasteiger partial charge in [0.15, 0.2) is 5.96 Å². The lowest BCUT2D eigenvalue weighted by atomic mass is 10.1. The zero-order valence-corrected chi connectivity index (χ0v) is 9.69. The van der Waals surface area contributed by atoms with Crippen LogP contribution in [-0.2, 0) is 6.54 Å². The van der Waals surface area contributed by atoms with Crippen LogP contribution in [0.15, 0.2) is 35.5 Å². The molecule has 0 amide bonds. The number of aromatic amines is 1. The Morgan fingerprint density at radius 2 is 2.24 bits per heavy atom. The van der Waals surface area contributed by atoms with E-state index in [0.29, 0.717) is 12.5 Å². The molecule has 0 bridgehead atoms. The highest BCUT2D eigenvalue weighted by Crippen LogP contribution is 2.17. The van der Waals surface area contributed by atoms with Gasteiger partial charge in [0.05, 0.1) is 12.1 Å². The van der Waals surface area contributed by atoms with Crippen molar-refractivity contribution in [3.63, 3.8) is 0 Å². The molecule has 1 fully saturated rings. The number of H-pyrrole nitrogens is 1. The normalized spacial score (nSPS) is 16.2. The van der Waals surface area contributed by atoms with Crippen LogP contribution < -0.4 is 5.73 Å². The van der Waals surface area contributed by atoms with E-state index in [1.807, 2.05) is 6.20 Å². The van der Waals surface area contributed by atoms with E-state index in [2.05, 4.69) is 39.1 Å². The molecule has 0 saturated carbocycles. The lowest BCUT2D eigenvalue weighted by molar-refractivity contribution is 0.295. The summed E-state index contributed by atoms with van der Waals surface area (Å²) in [5.74, 6) is 0.666. The average molecular weight is 228 g/mol. The number of guanidine groups is 1. The van der Waals surface area contributed by atoms with Crippen molar-refractivity contribution in [2.75, 3.05) is 13.1 Å².